The van der Waals surface area contributed by atoms with Gasteiger partial charge in [0.15, 0.2) is 11.5 Å². The summed E-state index contributed by atoms with van der Waals surface area (Å²) in [7, 11) is 1.58. The number of hydrogen-bond donors (Lipinski definition) is 1. The van der Waals surface area contributed by atoms with Gasteiger partial charge in [-0.1, -0.05) is 24.3 Å². The number of hydrogen-bond acceptors (Lipinski definition) is 3. The molecule has 2 aromatic carbocycles. The van der Waals surface area contributed by atoms with Crippen LogP contribution in [0.25, 0.3) is 0 Å². The van der Waals surface area contributed by atoms with Crippen LogP contribution in [0.1, 0.15) is 21.5 Å². The Morgan fingerprint density at radius 2 is 1.85 bits per heavy atom. The van der Waals surface area contributed by atoms with E-state index in [1.54, 1.807) is 26.2 Å². The average Bonchev–Trinajstić information content (AvgIpc) is 2.46. The Morgan fingerprint density at radius 3 is 2.50 bits per heavy atom. The van der Waals surface area contributed by atoms with E-state index in [4.69, 9.17) is 14.6 Å². The molecule has 4 heteroatoms. The second-order valence-electron chi connectivity index (χ2n) is 4.39. The molecule has 0 atom stereocenters. The summed E-state index contributed by atoms with van der Waals surface area (Å²) in [6, 6.07) is 12.6. The molecule has 20 heavy (non-hydrogen) atoms. The number of ether oxygens (including phenoxy) is 2. The summed E-state index contributed by atoms with van der Waals surface area (Å²) in [5, 5.41) is 9.10. The quantitative estimate of drug-likeness (QED) is 0.907. The van der Waals surface area contributed by atoms with Crippen LogP contribution >= 0.6 is 0 Å². The number of benzene rings is 2. The number of carbonyl (C=O) groups is 1. The van der Waals surface area contributed by atoms with Crippen molar-refractivity contribution in [3.63, 3.8) is 0 Å². The summed E-state index contributed by atoms with van der Waals surface area (Å²) in [5.41, 5.74) is 1.84. The summed E-state index contributed by atoms with van der Waals surface area (Å²) >= 11 is 0. The first kappa shape index (κ1) is 13.9. The fourth-order valence-corrected chi connectivity index (χ4v) is 1.89. The molecule has 0 aliphatic heterocycles. The van der Waals surface area contributed by atoms with Crippen molar-refractivity contribution >= 4 is 5.97 Å². The maximum atomic E-state index is 11.1. The molecule has 0 saturated heterocycles. The molecule has 0 bridgehead atoms. The van der Waals surface area contributed by atoms with Crippen molar-refractivity contribution in [1.82, 2.24) is 0 Å². The van der Waals surface area contributed by atoms with Crippen molar-refractivity contribution in [2.45, 2.75) is 13.5 Å². The standard InChI is InChI=1S/C16H16O4/c1-11-7-8-12(9-13(11)16(17)18)10-20-15-6-4-3-5-14(15)19-2/h3-9H,10H2,1-2H3,(H,17,18). The molecule has 0 amide bonds. The number of carboxylic acid groups (broad SMARTS) is 1. The highest BCUT2D eigenvalue weighted by molar-refractivity contribution is 5.89. The fraction of sp³-hybridized carbons (Fsp3) is 0.188. The van der Waals surface area contributed by atoms with Crippen LogP contribution in [0.4, 0.5) is 0 Å². The van der Waals surface area contributed by atoms with Crippen molar-refractivity contribution in [1.29, 1.82) is 0 Å². The largest absolute Gasteiger partial charge is 0.493 e. The zero-order chi connectivity index (χ0) is 14.5. The minimum atomic E-state index is -0.929. The van der Waals surface area contributed by atoms with Crippen LogP contribution in [0.15, 0.2) is 42.5 Å². The monoisotopic (exact) mass is 272 g/mol. The predicted octanol–water partition coefficient (Wildman–Crippen LogP) is 3.28. The highest BCUT2D eigenvalue weighted by Crippen LogP contribution is 2.26. The molecule has 104 valence electrons. The van der Waals surface area contributed by atoms with E-state index in [2.05, 4.69) is 0 Å². The van der Waals surface area contributed by atoms with Crippen LogP contribution in [0.3, 0.4) is 0 Å². The zero-order valence-electron chi connectivity index (χ0n) is 11.4. The van der Waals surface area contributed by atoms with E-state index < -0.39 is 5.97 Å². The van der Waals surface area contributed by atoms with Crippen molar-refractivity contribution in [2.24, 2.45) is 0 Å². The number of rotatable bonds is 5. The highest BCUT2D eigenvalue weighted by Gasteiger charge is 2.09. The molecule has 0 unspecified atom stereocenters. The predicted molar refractivity (Wildman–Crippen MR) is 75.5 cm³/mol. The maximum Gasteiger partial charge on any atom is 0.335 e. The molecule has 2 aromatic rings. The summed E-state index contributed by atoms with van der Waals surface area (Å²) < 4.78 is 10.9. The van der Waals surface area contributed by atoms with Gasteiger partial charge in [0.25, 0.3) is 0 Å². The summed E-state index contributed by atoms with van der Waals surface area (Å²) in [5.74, 6) is 0.354. The van der Waals surface area contributed by atoms with Crippen molar-refractivity contribution in [3.8, 4) is 11.5 Å². The van der Waals surface area contributed by atoms with Crippen molar-refractivity contribution in [3.05, 3.63) is 59.2 Å². The smallest absolute Gasteiger partial charge is 0.335 e. The maximum absolute atomic E-state index is 11.1. The first-order valence-electron chi connectivity index (χ1n) is 6.20. The SMILES string of the molecule is COc1ccccc1OCc1ccc(C)c(C(=O)O)c1. The van der Waals surface area contributed by atoms with Gasteiger partial charge in [-0.3, -0.25) is 0 Å². The lowest BCUT2D eigenvalue weighted by Gasteiger charge is -2.11. The van der Waals surface area contributed by atoms with Crippen LogP contribution in [0, 0.1) is 6.92 Å². The van der Waals surface area contributed by atoms with Gasteiger partial charge in [0.05, 0.1) is 12.7 Å². The van der Waals surface area contributed by atoms with Gasteiger partial charge in [0.2, 0.25) is 0 Å². The van der Waals surface area contributed by atoms with E-state index in [0.29, 0.717) is 23.7 Å². The Kier molecular flexibility index (Phi) is 4.25. The number of methoxy groups -OCH3 is 1. The third kappa shape index (κ3) is 3.09. The minimum absolute atomic E-state index is 0.293. The van der Waals surface area contributed by atoms with Gasteiger partial charge < -0.3 is 14.6 Å². The molecule has 0 fully saturated rings. The molecule has 2 rings (SSSR count). The average molecular weight is 272 g/mol. The lowest BCUT2D eigenvalue weighted by Crippen LogP contribution is -2.03. The van der Waals surface area contributed by atoms with E-state index >= 15 is 0 Å². The van der Waals surface area contributed by atoms with Gasteiger partial charge in [-0.05, 0) is 36.2 Å². The molecule has 0 saturated carbocycles. The topological polar surface area (TPSA) is 55.8 Å². The van der Waals surface area contributed by atoms with E-state index in [1.807, 2.05) is 30.3 Å². The third-order valence-electron chi connectivity index (χ3n) is 3.00. The summed E-state index contributed by atoms with van der Waals surface area (Å²) in [4.78, 5) is 11.1. The van der Waals surface area contributed by atoms with Gasteiger partial charge >= 0.3 is 5.97 Å². The third-order valence-corrected chi connectivity index (χ3v) is 3.00. The molecule has 0 spiro atoms. The molecular formula is C16H16O4. The summed E-state index contributed by atoms with van der Waals surface area (Å²) in [6.45, 7) is 2.06. The molecule has 0 heterocycles. The van der Waals surface area contributed by atoms with Gasteiger partial charge in [-0.2, -0.15) is 0 Å². The number of carboxylic acids is 1. The normalized spacial score (nSPS) is 10.1. The van der Waals surface area contributed by atoms with Crippen molar-refractivity contribution < 1.29 is 19.4 Å². The van der Waals surface area contributed by atoms with Crippen LogP contribution in [-0.2, 0) is 6.61 Å². The van der Waals surface area contributed by atoms with Gasteiger partial charge in [0, 0.05) is 0 Å². The molecular weight excluding hydrogens is 256 g/mol. The Hall–Kier alpha value is -2.49. The zero-order valence-corrected chi connectivity index (χ0v) is 11.4. The first-order valence-corrected chi connectivity index (χ1v) is 6.20. The first-order chi connectivity index (χ1) is 9.61. The molecule has 0 aliphatic carbocycles. The van der Waals surface area contributed by atoms with E-state index in [1.165, 1.54) is 0 Å². The van der Waals surface area contributed by atoms with E-state index in [-0.39, 0.29) is 0 Å². The lowest BCUT2D eigenvalue weighted by atomic mass is 10.1. The van der Waals surface area contributed by atoms with Gasteiger partial charge in [-0.25, -0.2) is 4.79 Å². The molecule has 0 aromatic heterocycles. The van der Waals surface area contributed by atoms with Gasteiger partial charge in [0.1, 0.15) is 6.61 Å². The van der Waals surface area contributed by atoms with Crippen LogP contribution < -0.4 is 9.47 Å². The Labute approximate surface area is 117 Å². The Balaban J connectivity index is 2.15. The second kappa shape index (κ2) is 6.10. The van der Waals surface area contributed by atoms with Crippen molar-refractivity contribution in [2.75, 3.05) is 7.11 Å². The Bertz CT molecular complexity index is 620. The summed E-state index contributed by atoms with van der Waals surface area (Å²) in [6.07, 6.45) is 0. The molecule has 1 N–H and O–H groups in total. The minimum Gasteiger partial charge on any atom is -0.493 e. The molecule has 0 radical (unpaired) electrons. The van der Waals surface area contributed by atoms with Gasteiger partial charge in [-0.15, -0.1) is 0 Å². The Morgan fingerprint density at radius 1 is 1.15 bits per heavy atom. The van der Waals surface area contributed by atoms with Crippen LogP contribution in [0.5, 0.6) is 11.5 Å². The van der Waals surface area contributed by atoms with E-state index in [9.17, 15) is 4.79 Å². The number of aryl methyl sites for hydroxylation is 1. The van der Waals surface area contributed by atoms with E-state index in [0.717, 1.165) is 11.1 Å². The number of aromatic carboxylic acids is 1. The fourth-order valence-electron chi connectivity index (χ4n) is 1.89. The van der Waals surface area contributed by atoms with Crippen LogP contribution in [0.2, 0.25) is 0 Å². The van der Waals surface area contributed by atoms with Crippen LogP contribution in [-0.4, -0.2) is 18.2 Å². The number of para-hydroxylation sites is 2. The lowest BCUT2D eigenvalue weighted by molar-refractivity contribution is 0.0696. The second-order valence-corrected chi connectivity index (χ2v) is 4.39. The molecule has 0 aliphatic rings. The highest BCUT2D eigenvalue weighted by atomic mass is 16.5. The molecule has 4 nitrogen and oxygen atoms in total.